The molecule has 7 heteroatoms. The average molecular weight is 448 g/mol. The van der Waals surface area contributed by atoms with E-state index in [1.165, 1.54) is 11.3 Å². The lowest BCUT2D eigenvalue weighted by Crippen LogP contribution is -2.36. The molecule has 32 heavy (non-hydrogen) atoms. The second-order valence-corrected chi connectivity index (χ2v) is 9.11. The first-order valence-electron chi connectivity index (χ1n) is 11.2. The van der Waals surface area contributed by atoms with Crippen LogP contribution in [0.1, 0.15) is 53.1 Å². The molecule has 6 nitrogen and oxygen atoms in total. The van der Waals surface area contributed by atoms with E-state index in [0.29, 0.717) is 0 Å². The van der Waals surface area contributed by atoms with E-state index < -0.39 is 0 Å². The van der Waals surface area contributed by atoms with Crippen LogP contribution in [-0.4, -0.2) is 43.8 Å². The Morgan fingerprint density at radius 3 is 2.69 bits per heavy atom. The molecule has 0 bridgehead atoms. The maximum absolute atomic E-state index is 5.97. The summed E-state index contributed by atoms with van der Waals surface area (Å²) >= 11 is 5.84. The second-order valence-electron chi connectivity index (χ2n) is 8.72. The van der Waals surface area contributed by atoms with Crippen LogP contribution in [0.2, 0.25) is 0 Å². The van der Waals surface area contributed by atoms with Gasteiger partial charge in [0.15, 0.2) is 5.11 Å². The van der Waals surface area contributed by atoms with Crippen molar-refractivity contribution in [1.29, 1.82) is 0 Å². The molecule has 0 aliphatic carbocycles. The summed E-state index contributed by atoms with van der Waals surface area (Å²) in [6.07, 6.45) is 6.10. The number of ether oxygens (including phenoxy) is 1. The van der Waals surface area contributed by atoms with Gasteiger partial charge in [-0.2, -0.15) is 0 Å². The van der Waals surface area contributed by atoms with Crippen molar-refractivity contribution >= 4 is 17.3 Å². The summed E-state index contributed by atoms with van der Waals surface area (Å²) in [5, 5.41) is 4.33. The molecule has 0 unspecified atom stereocenters. The molecule has 3 aromatic rings. The fourth-order valence-corrected chi connectivity index (χ4v) is 5.39. The van der Waals surface area contributed by atoms with Crippen LogP contribution < -0.4 is 5.32 Å². The van der Waals surface area contributed by atoms with Crippen molar-refractivity contribution in [3.63, 3.8) is 0 Å². The highest BCUT2D eigenvalue weighted by atomic mass is 32.1. The third-order valence-corrected chi connectivity index (χ3v) is 6.96. The molecular weight excluding hydrogens is 418 g/mol. The molecule has 166 valence electrons. The summed E-state index contributed by atoms with van der Waals surface area (Å²) in [6.45, 7) is 8.04. The minimum atomic E-state index is -0.0242. The van der Waals surface area contributed by atoms with Crippen LogP contribution in [0.3, 0.4) is 0 Å². The molecule has 0 radical (unpaired) electrons. The van der Waals surface area contributed by atoms with E-state index in [-0.39, 0.29) is 18.2 Å². The van der Waals surface area contributed by atoms with Gasteiger partial charge in [-0.25, -0.2) is 4.98 Å². The number of pyridine rings is 2. The minimum Gasteiger partial charge on any atom is -0.376 e. The molecular formula is C25H29N5OS. The van der Waals surface area contributed by atoms with E-state index in [0.717, 1.165) is 53.9 Å². The van der Waals surface area contributed by atoms with Gasteiger partial charge in [0.2, 0.25) is 0 Å². The molecule has 0 saturated carbocycles. The van der Waals surface area contributed by atoms with Gasteiger partial charge >= 0.3 is 0 Å². The van der Waals surface area contributed by atoms with Gasteiger partial charge in [-0.15, -0.1) is 0 Å². The van der Waals surface area contributed by atoms with Crippen LogP contribution in [0, 0.1) is 20.8 Å². The van der Waals surface area contributed by atoms with E-state index in [4.69, 9.17) is 17.0 Å². The SMILES string of the molecule is Cc1cccnc1-n1c(C)cc([C@H]2[C@H](c3ccccn3)NC(=S)N2C[C@@H]2CCCO2)c1C. The Balaban J connectivity index is 1.60. The van der Waals surface area contributed by atoms with Crippen molar-refractivity contribution in [2.75, 3.05) is 13.2 Å². The van der Waals surface area contributed by atoms with Crippen molar-refractivity contribution in [3.8, 4) is 5.82 Å². The molecule has 2 saturated heterocycles. The molecule has 0 amide bonds. The van der Waals surface area contributed by atoms with Crippen LogP contribution >= 0.6 is 12.2 Å². The highest BCUT2D eigenvalue weighted by Gasteiger charge is 2.42. The van der Waals surface area contributed by atoms with Crippen LogP contribution in [0.4, 0.5) is 0 Å². The van der Waals surface area contributed by atoms with Gasteiger partial charge in [-0.1, -0.05) is 12.1 Å². The number of hydrogen-bond donors (Lipinski definition) is 1. The lowest BCUT2D eigenvalue weighted by molar-refractivity contribution is 0.0842. The van der Waals surface area contributed by atoms with E-state index in [1.54, 1.807) is 0 Å². The lowest BCUT2D eigenvalue weighted by Gasteiger charge is -2.30. The number of aromatic nitrogens is 3. The zero-order valence-corrected chi connectivity index (χ0v) is 19.6. The highest BCUT2D eigenvalue weighted by molar-refractivity contribution is 7.80. The van der Waals surface area contributed by atoms with Crippen molar-refractivity contribution in [3.05, 3.63) is 77.0 Å². The number of nitrogens with zero attached hydrogens (tertiary/aromatic N) is 4. The first-order chi connectivity index (χ1) is 15.5. The summed E-state index contributed by atoms with van der Waals surface area (Å²) in [4.78, 5) is 11.7. The first kappa shape index (κ1) is 21.1. The Labute approximate surface area is 194 Å². The van der Waals surface area contributed by atoms with Gasteiger partial charge in [0.05, 0.1) is 23.9 Å². The van der Waals surface area contributed by atoms with Crippen LogP contribution in [0.15, 0.2) is 48.8 Å². The highest BCUT2D eigenvalue weighted by Crippen LogP contribution is 2.42. The molecule has 5 rings (SSSR count). The van der Waals surface area contributed by atoms with E-state index in [1.807, 2.05) is 30.6 Å². The van der Waals surface area contributed by atoms with Gasteiger partial charge in [-0.05, 0) is 81.2 Å². The number of hydrogen-bond acceptors (Lipinski definition) is 4. The fourth-order valence-electron chi connectivity index (χ4n) is 5.07. The number of thiocarbonyl (C=S) groups is 1. The quantitative estimate of drug-likeness (QED) is 0.587. The molecule has 2 aliphatic heterocycles. The molecule has 2 fully saturated rings. The molecule has 0 aromatic carbocycles. The molecule has 3 aromatic heterocycles. The van der Waals surface area contributed by atoms with Crippen molar-refractivity contribution in [2.45, 2.75) is 51.8 Å². The summed E-state index contributed by atoms with van der Waals surface area (Å²) in [6, 6.07) is 12.4. The van der Waals surface area contributed by atoms with E-state index >= 15 is 0 Å². The molecule has 1 N–H and O–H groups in total. The number of aryl methyl sites for hydroxylation is 2. The summed E-state index contributed by atoms with van der Waals surface area (Å²) < 4.78 is 8.23. The summed E-state index contributed by atoms with van der Waals surface area (Å²) in [7, 11) is 0. The summed E-state index contributed by atoms with van der Waals surface area (Å²) in [5.74, 6) is 0.974. The van der Waals surface area contributed by atoms with Crippen LogP contribution in [0.25, 0.3) is 5.82 Å². The zero-order chi connectivity index (χ0) is 22.2. The van der Waals surface area contributed by atoms with Gasteiger partial charge in [0.1, 0.15) is 5.82 Å². The standard InChI is InChI=1S/C25H29N5OS/c1-16-8-6-12-27-24(16)30-17(2)14-20(18(30)3)23-22(21-10-4-5-11-26-21)28-25(32)29(23)15-19-9-7-13-31-19/h4-6,8,10-12,14,19,22-23H,7,9,13,15H2,1-3H3,(H,28,32)/t19-,22-,23-/m0/s1. The summed E-state index contributed by atoms with van der Waals surface area (Å²) in [5.41, 5.74) is 5.73. The monoisotopic (exact) mass is 447 g/mol. The van der Waals surface area contributed by atoms with Crippen LogP contribution in [0.5, 0.6) is 0 Å². The maximum Gasteiger partial charge on any atom is 0.170 e. The molecule has 2 aliphatic rings. The molecule has 3 atom stereocenters. The Morgan fingerprint density at radius 2 is 1.97 bits per heavy atom. The zero-order valence-electron chi connectivity index (χ0n) is 18.8. The Hall–Kier alpha value is -2.77. The smallest absolute Gasteiger partial charge is 0.170 e. The topological polar surface area (TPSA) is 55.2 Å². The van der Waals surface area contributed by atoms with Gasteiger partial charge in [-0.3, -0.25) is 4.98 Å². The third-order valence-electron chi connectivity index (χ3n) is 6.60. The van der Waals surface area contributed by atoms with Gasteiger partial charge < -0.3 is 19.5 Å². The normalized spacial score (nSPS) is 23.0. The van der Waals surface area contributed by atoms with Crippen LogP contribution in [-0.2, 0) is 4.74 Å². The maximum atomic E-state index is 5.97. The molecule has 0 spiro atoms. The first-order valence-corrected chi connectivity index (χ1v) is 11.7. The van der Waals surface area contributed by atoms with Gasteiger partial charge in [0, 0.05) is 36.9 Å². The van der Waals surface area contributed by atoms with Gasteiger partial charge in [0.25, 0.3) is 0 Å². The second kappa shape index (κ2) is 8.64. The average Bonchev–Trinajstić information content (AvgIpc) is 3.49. The lowest BCUT2D eigenvalue weighted by atomic mass is 9.96. The third kappa shape index (κ3) is 3.69. The Kier molecular flexibility index (Phi) is 5.69. The van der Waals surface area contributed by atoms with E-state index in [2.05, 4.69) is 63.7 Å². The number of nitrogens with one attached hydrogen (secondary N) is 1. The van der Waals surface area contributed by atoms with E-state index in [9.17, 15) is 0 Å². The number of rotatable bonds is 5. The van der Waals surface area contributed by atoms with Crippen molar-refractivity contribution < 1.29 is 4.74 Å². The largest absolute Gasteiger partial charge is 0.376 e. The predicted octanol–water partition coefficient (Wildman–Crippen LogP) is 4.34. The Bertz CT molecular complexity index is 1120. The molecule has 5 heterocycles. The minimum absolute atomic E-state index is 0.0242. The Morgan fingerprint density at radius 1 is 1.12 bits per heavy atom. The predicted molar refractivity (Wildman–Crippen MR) is 129 cm³/mol. The van der Waals surface area contributed by atoms with Crippen molar-refractivity contribution in [1.82, 2.24) is 24.8 Å². The van der Waals surface area contributed by atoms with Crippen molar-refractivity contribution in [2.24, 2.45) is 0 Å². The fraction of sp³-hybridized carbons (Fsp3) is 0.400.